The van der Waals surface area contributed by atoms with E-state index in [-0.39, 0.29) is 5.69 Å². The summed E-state index contributed by atoms with van der Waals surface area (Å²) in [7, 11) is 0. The number of anilines is 2. The normalized spacial score (nSPS) is 10.0. The number of hydrogen-bond donors (Lipinski definition) is 3. The van der Waals surface area contributed by atoms with Gasteiger partial charge < -0.3 is 15.7 Å². The molecule has 5 nitrogen and oxygen atoms in total. The number of aromatic carboxylic acids is 1. The van der Waals surface area contributed by atoms with Gasteiger partial charge in [-0.05, 0) is 42.8 Å². The fraction of sp³-hybridized carbons (Fsp3) is 0.0667. The fourth-order valence-electron chi connectivity index (χ4n) is 1.78. The first-order valence-corrected chi connectivity index (χ1v) is 6.13. The minimum Gasteiger partial charge on any atom is -0.478 e. The number of carboxylic acid groups (broad SMARTS) is 1. The third-order valence-corrected chi connectivity index (χ3v) is 2.73. The monoisotopic (exact) mass is 288 g/mol. The van der Waals surface area contributed by atoms with E-state index in [1.54, 1.807) is 18.2 Å². The van der Waals surface area contributed by atoms with Crippen LogP contribution in [0.4, 0.5) is 20.6 Å². The van der Waals surface area contributed by atoms with E-state index in [9.17, 15) is 14.0 Å². The molecule has 0 aliphatic rings. The molecule has 0 fully saturated rings. The van der Waals surface area contributed by atoms with Crippen molar-refractivity contribution in [2.45, 2.75) is 6.92 Å². The second-order valence-electron chi connectivity index (χ2n) is 4.45. The maximum absolute atomic E-state index is 13.2. The molecule has 0 aromatic heterocycles. The Kier molecular flexibility index (Phi) is 4.18. The lowest BCUT2D eigenvalue weighted by Gasteiger charge is -2.09. The third kappa shape index (κ3) is 3.79. The first kappa shape index (κ1) is 14.5. The Hall–Kier alpha value is -2.89. The van der Waals surface area contributed by atoms with Crippen molar-refractivity contribution in [3.63, 3.8) is 0 Å². The summed E-state index contributed by atoms with van der Waals surface area (Å²) in [6, 6.07) is 10.0. The molecule has 0 radical (unpaired) electrons. The number of aryl methyl sites for hydroxylation is 1. The van der Waals surface area contributed by atoms with Gasteiger partial charge in [-0.3, -0.25) is 0 Å². The summed E-state index contributed by atoms with van der Waals surface area (Å²) in [5.41, 5.74) is 1.29. The van der Waals surface area contributed by atoms with Crippen LogP contribution in [0.25, 0.3) is 0 Å². The standard InChI is InChI=1S/C15H13FN2O3/c1-9-3-2-4-10(7-9)17-15(21)18-11-5-6-13(16)12(8-11)14(19)20/h2-8H,1H3,(H,19,20)(H2,17,18,21). The maximum atomic E-state index is 13.2. The fourth-order valence-corrected chi connectivity index (χ4v) is 1.78. The van der Waals surface area contributed by atoms with E-state index in [1.165, 1.54) is 6.07 Å². The molecule has 3 N–H and O–H groups in total. The number of benzene rings is 2. The zero-order chi connectivity index (χ0) is 15.4. The van der Waals surface area contributed by atoms with E-state index >= 15 is 0 Å². The zero-order valence-electron chi connectivity index (χ0n) is 11.2. The van der Waals surface area contributed by atoms with Gasteiger partial charge in [0.25, 0.3) is 0 Å². The van der Waals surface area contributed by atoms with Gasteiger partial charge >= 0.3 is 12.0 Å². The molecule has 2 amide bonds. The highest BCUT2D eigenvalue weighted by atomic mass is 19.1. The van der Waals surface area contributed by atoms with Crippen LogP contribution in [-0.2, 0) is 0 Å². The van der Waals surface area contributed by atoms with Gasteiger partial charge in [-0.15, -0.1) is 0 Å². The van der Waals surface area contributed by atoms with Crippen LogP contribution in [0.15, 0.2) is 42.5 Å². The molecule has 0 unspecified atom stereocenters. The van der Waals surface area contributed by atoms with Gasteiger partial charge in [0, 0.05) is 11.4 Å². The largest absolute Gasteiger partial charge is 0.478 e. The number of rotatable bonds is 3. The highest BCUT2D eigenvalue weighted by molar-refractivity contribution is 6.00. The van der Waals surface area contributed by atoms with E-state index in [0.717, 1.165) is 17.7 Å². The molecule has 2 aromatic carbocycles. The Bertz CT molecular complexity index is 701. The molecule has 0 spiro atoms. The van der Waals surface area contributed by atoms with Crippen molar-refractivity contribution in [1.29, 1.82) is 0 Å². The van der Waals surface area contributed by atoms with Crippen molar-refractivity contribution in [2.75, 3.05) is 10.6 Å². The summed E-state index contributed by atoms with van der Waals surface area (Å²) in [6.07, 6.45) is 0. The minimum absolute atomic E-state index is 0.193. The Balaban J connectivity index is 2.09. The van der Waals surface area contributed by atoms with E-state index in [2.05, 4.69) is 10.6 Å². The van der Waals surface area contributed by atoms with Gasteiger partial charge in [0.05, 0.1) is 5.56 Å². The van der Waals surface area contributed by atoms with Crippen LogP contribution < -0.4 is 10.6 Å². The van der Waals surface area contributed by atoms with Gasteiger partial charge in [-0.1, -0.05) is 12.1 Å². The number of urea groups is 1. The van der Waals surface area contributed by atoms with Crippen LogP contribution in [0.1, 0.15) is 15.9 Å². The predicted octanol–water partition coefficient (Wildman–Crippen LogP) is 3.48. The zero-order valence-corrected chi connectivity index (χ0v) is 11.2. The van der Waals surface area contributed by atoms with Gasteiger partial charge in [-0.25, -0.2) is 14.0 Å². The van der Waals surface area contributed by atoms with Crippen molar-refractivity contribution in [3.8, 4) is 0 Å². The van der Waals surface area contributed by atoms with Crippen molar-refractivity contribution in [3.05, 3.63) is 59.4 Å². The number of hydrogen-bond acceptors (Lipinski definition) is 2. The first-order chi connectivity index (χ1) is 9.95. The maximum Gasteiger partial charge on any atom is 0.338 e. The Morgan fingerprint density at radius 3 is 2.33 bits per heavy atom. The third-order valence-electron chi connectivity index (χ3n) is 2.73. The minimum atomic E-state index is -1.39. The second kappa shape index (κ2) is 6.04. The number of halogens is 1. The Morgan fingerprint density at radius 2 is 1.71 bits per heavy atom. The van der Waals surface area contributed by atoms with Crippen LogP contribution in [0.2, 0.25) is 0 Å². The average Bonchev–Trinajstić information content (AvgIpc) is 2.40. The van der Waals surface area contributed by atoms with Crippen molar-refractivity contribution in [2.24, 2.45) is 0 Å². The molecule has 6 heteroatoms. The summed E-state index contributed by atoms with van der Waals surface area (Å²) in [5, 5.41) is 13.9. The highest BCUT2D eigenvalue weighted by Gasteiger charge is 2.12. The molecule has 2 aromatic rings. The van der Waals surface area contributed by atoms with E-state index < -0.39 is 23.4 Å². The number of nitrogens with one attached hydrogen (secondary N) is 2. The first-order valence-electron chi connectivity index (χ1n) is 6.13. The Labute approximate surface area is 120 Å². The van der Waals surface area contributed by atoms with Gasteiger partial charge in [0.2, 0.25) is 0 Å². The van der Waals surface area contributed by atoms with E-state index in [0.29, 0.717) is 5.69 Å². The summed E-state index contributed by atoms with van der Waals surface area (Å²) in [4.78, 5) is 22.6. The molecule has 0 aliphatic carbocycles. The lowest BCUT2D eigenvalue weighted by atomic mass is 10.2. The summed E-state index contributed by atoms with van der Waals surface area (Å²) >= 11 is 0. The molecule has 0 saturated carbocycles. The van der Waals surface area contributed by atoms with Gasteiger partial charge in [0.15, 0.2) is 0 Å². The SMILES string of the molecule is Cc1cccc(NC(=O)Nc2ccc(F)c(C(=O)O)c2)c1. The summed E-state index contributed by atoms with van der Waals surface area (Å²) in [5.74, 6) is -2.25. The summed E-state index contributed by atoms with van der Waals surface area (Å²) < 4.78 is 13.2. The molecule has 0 aliphatic heterocycles. The van der Waals surface area contributed by atoms with E-state index in [1.807, 2.05) is 13.0 Å². The molecule has 108 valence electrons. The average molecular weight is 288 g/mol. The van der Waals surface area contributed by atoms with Gasteiger partial charge in [-0.2, -0.15) is 0 Å². The van der Waals surface area contributed by atoms with Crippen LogP contribution in [-0.4, -0.2) is 17.1 Å². The molecule has 0 atom stereocenters. The van der Waals surface area contributed by atoms with Crippen LogP contribution in [0, 0.1) is 12.7 Å². The summed E-state index contributed by atoms with van der Waals surface area (Å²) in [6.45, 7) is 1.89. The molecule has 2 rings (SSSR count). The number of carboxylic acids is 1. The molecule has 21 heavy (non-hydrogen) atoms. The number of amides is 2. The number of carbonyl (C=O) groups is 2. The van der Waals surface area contributed by atoms with Crippen LogP contribution >= 0.6 is 0 Å². The molecular weight excluding hydrogens is 275 g/mol. The Morgan fingerprint density at radius 1 is 1.05 bits per heavy atom. The van der Waals surface area contributed by atoms with Crippen molar-refractivity contribution >= 4 is 23.4 Å². The van der Waals surface area contributed by atoms with E-state index in [4.69, 9.17) is 5.11 Å². The second-order valence-corrected chi connectivity index (χ2v) is 4.45. The van der Waals surface area contributed by atoms with Gasteiger partial charge in [0.1, 0.15) is 5.82 Å². The lowest BCUT2D eigenvalue weighted by Crippen LogP contribution is -2.19. The molecule has 0 heterocycles. The van der Waals surface area contributed by atoms with Crippen LogP contribution in [0.3, 0.4) is 0 Å². The topological polar surface area (TPSA) is 78.4 Å². The molecule has 0 saturated heterocycles. The molecule has 0 bridgehead atoms. The smallest absolute Gasteiger partial charge is 0.338 e. The van der Waals surface area contributed by atoms with Crippen LogP contribution in [0.5, 0.6) is 0 Å². The highest BCUT2D eigenvalue weighted by Crippen LogP contribution is 2.16. The van der Waals surface area contributed by atoms with Crippen molar-refractivity contribution in [1.82, 2.24) is 0 Å². The lowest BCUT2D eigenvalue weighted by molar-refractivity contribution is 0.0692. The molecular formula is C15H13FN2O3. The number of carbonyl (C=O) groups excluding carboxylic acids is 1. The quantitative estimate of drug-likeness (QED) is 0.809. The van der Waals surface area contributed by atoms with Crippen molar-refractivity contribution < 1.29 is 19.1 Å². The predicted molar refractivity (Wildman–Crippen MR) is 77.2 cm³/mol.